The van der Waals surface area contributed by atoms with E-state index >= 15 is 0 Å². The Morgan fingerprint density at radius 3 is 2.32 bits per heavy atom. The first-order chi connectivity index (χ1) is 16.5. The Hall–Kier alpha value is -3.45. The quantitative estimate of drug-likeness (QED) is 0.453. The highest BCUT2D eigenvalue weighted by Gasteiger charge is 2.35. The molecule has 34 heavy (non-hydrogen) atoms. The van der Waals surface area contributed by atoms with E-state index in [1.807, 2.05) is 24.3 Å². The van der Waals surface area contributed by atoms with Crippen LogP contribution in [0.1, 0.15) is 27.5 Å². The highest BCUT2D eigenvalue weighted by Crippen LogP contribution is 2.40. The van der Waals surface area contributed by atoms with Crippen molar-refractivity contribution in [1.82, 2.24) is 4.90 Å². The second kappa shape index (κ2) is 10.2. The van der Waals surface area contributed by atoms with Crippen LogP contribution in [-0.2, 0) is 6.42 Å². The van der Waals surface area contributed by atoms with Gasteiger partial charge in [-0.05, 0) is 53.9 Å². The van der Waals surface area contributed by atoms with Gasteiger partial charge in [-0.2, -0.15) is 0 Å². The molecule has 0 radical (unpaired) electrons. The summed E-state index contributed by atoms with van der Waals surface area (Å²) in [4.78, 5) is 15.1. The van der Waals surface area contributed by atoms with Gasteiger partial charge in [0.25, 0.3) is 5.91 Å². The van der Waals surface area contributed by atoms with Crippen LogP contribution >= 0.6 is 11.6 Å². The largest absolute Gasteiger partial charge is 0.493 e. The lowest BCUT2D eigenvalue weighted by Crippen LogP contribution is -2.43. The number of methoxy groups -OCH3 is 3. The topological polar surface area (TPSA) is 57.2 Å². The number of nitrogens with zero attached hydrogens (tertiary/aromatic N) is 1. The molecule has 0 bridgehead atoms. The van der Waals surface area contributed by atoms with Crippen LogP contribution in [0.25, 0.3) is 0 Å². The van der Waals surface area contributed by atoms with Crippen LogP contribution in [-0.4, -0.2) is 45.3 Å². The minimum atomic E-state index is -0.667. The summed E-state index contributed by atoms with van der Waals surface area (Å²) in [5, 5.41) is 0.0625. The smallest absolute Gasteiger partial charge is 0.259 e. The molecule has 3 aromatic rings. The van der Waals surface area contributed by atoms with Crippen LogP contribution in [0.3, 0.4) is 0 Å². The van der Waals surface area contributed by atoms with Crippen molar-refractivity contribution in [2.45, 2.75) is 12.5 Å². The monoisotopic (exact) mass is 485 g/mol. The summed E-state index contributed by atoms with van der Waals surface area (Å²) < 4.78 is 37.1. The number of para-hydroxylation sites is 2. The zero-order valence-electron chi connectivity index (χ0n) is 19.1. The molecule has 6 nitrogen and oxygen atoms in total. The second-order valence-electron chi connectivity index (χ2n) is 7.73. The molecule has 0 aromatic heterocycles. The predicted octanol–water partition coefficient (Wildman–Crippen LogP) is 5.32. The standard InChI is InChI=1S/C26H25ClFNO5/c1-31-21-9-4-5-10-22(21)34-15-20-17-14-24(33-3)23(32-2)13-16(17)11-12-29(20)26(30)25-18(27)7-6-8-19(25)28/h4-10,13-14,20H,11-12,15H2,1-3H3. The SMILES string of the molecule is COc1cc2c(cc1OC)C(COc1ccccc1OC)N(C(=O)c1c(F)cccc1Cl)CC2. The van der Waals surface area contributed by atoms with Crippen LogP contribution in [0.5, 0.6) is 23.0 Å². The molecule has 1 unspecified atom stereocenters. The molecule has 0 aliphatic carbocycles. The van der Waals surface area contributed by atoms with Gasteiger partial charge in [0.15, 0.2) is 23.0 Å². The molecule has 0 saturated carbocycles. The van der Waals surface area contributed by atoms with E-state index in [-0.39, 0.29) is 17.2 Å². The van der Waals surface area contributed by atoms with Crippen LogP contribution in [0.2, 0.25) is 5.02 Å². The lowest BCUT2D eigenvalue weighted by Gasteiger charge is -2.38. The zero-order valence-corrected chi connectivity index (χ0v) is 19.9. The van der Waals surface area contributed by atoms with Gasteiger partial charge in [0.2, 0.25) is 0 Å². The molecule has 8 heteroatoms. The van der Waals surface area contributed by atoms with E-state index in [1.54, 1.807) is 38.4 Å². The van der Waals surface area contributed by atoms with Crippen molar-refractivity contribution in [1.29, 1.82) is 0 Å². The normalized spacial score (nSPS) is 14.9. The third-order valence-electron chi connectivity index (χ3n) is 5.91. The zero-order chi connectivity index (χ0) is 24.2. The van der Waals surface area contributed by atoms with Crippen LogP contribution in [0.15, 0.2) is 54.6 Å². The fraction of sp³-hybridized carbons (Fsp3) is 0.269. The lowest BCUT2D eigenvalue weighted by atomic mass is 9.91. The Morgan fingerprint density at radius 2 is 1.65 bits per heavy atom. The molecule has 1 atom stereocenters. The van der Waals surface area contributed by atoms with E-state index in [4.69, 9.17) is 30.5 Å². The van der Waals surface area contributed by atoms with E-state index in [1.165, 1.54) is 18.2 Å². The summed E-state index contributed by atoms with van der Waals surface area (Å²) in [6.45, 7) is 0.465. The van der Waals surface area contributed by atoms with Gasteiger partial charge in [-0.15, -0.1) is 0 Å². The van der Waals surface area contributed by atoms with Gasteiger partial charge >= 0.3 is 0 Å². The van der Waals surface area contributed by atoms with Crippen molar-refractivity contribution < 1.29 is 28.1 Å². The second-order valence-corrected chi connectivity index (χ2v) is 8.14. The first-order valence-corrected chi connectivity index (χ1v) is 11.1. The van der Waals surface area contributed by atoms with Crippen molar-refractivity contribution >= 4 is 17.5 Å². The molecule has 0 N–H and O–H groups in total. The van der Waals surface area contributed by atoms with Crippen LogP contribution in [0.4, 0.5) is 4.39 Å². The van der Waals surface area contributed by atoms with E-state index in [0.717, 1.165) is 11.1 Å². The summed E-state index contributed by atoms with van der Waals surface area (Å²) in [7, 11) is 4.69. The summed E-state index contributed by atoms with van der Waals surface area (Å²) in [5.41, 5.74) is 1.67. The average molecular weight is 486 g/mol. The first-order valence-electron chi connectivity index (χ1n) is 10.7. The van der Waals surface area contributed by atoms with Gasteiger partial charge < -0.3 is 23.8 Å². The highest BCUT2D eigenvalue weighted by atomic mass is 35.5. The lowest BCUT2D eigenvalue weighted by molar-refractivity contribution is 0.0583. The number of halogens is 2. The molecule has 0 spiro atoms. The molecule has 1 amide bonds. The summed E-state index contributed by atoms with van der Waals surface area (Å²) in [6.07, 6.45) is 0.554. The van der Waals surface area contributed by atoms with Crippen LogP contribution < -0.4 is 18.9 Å². The third-order valence-corrected chi connectivity index (χ3v) is 6.22. The number of ether oxygens (including phenoxy) is 4. The highest BCUT2D eigenvalue weighted by molar-refractivity contribution is 6.33. The molecule has 1 aliphatic rings. The number of carbonyl (C=O) groups is 1. The van der Waals surface area contributed by atoms with Gasteiger partial charge in [-0.3, -0.25) is 4.79 Å². The van der Waals surface area contributed by atoms with Gasteiger partial charge in [-0.25, -0.2) is 4.39 Å². The molecule has 4 rings (SSSR count). The average Bonchev–Trinajstić information content (AvgIpc) is 2.86. The van der Waals surface area contributed by atoms with E-state index in [9.17, 15) is 9.18 Å². The minimum absolute atomic E-state index is 0.0625. The van der Waals surface area contributed by atoms with Crippen molar-refractivity contribution in [3.05, 3.63) is 82.1 Å². The number of benzene rings is 3. The first kappa shape index (κ1) is 23.7. The van der Waals surface area contributed by atoms with Gasteiger partial charge in [0.1, 0.15) is 12.4 Å². The maximum Gasteiger partial charge on any atom is 0.259 e. The molecule has 1 heterocycles. The van der Waals surface area contributed by atoms with Gasteiger partial charge in [-0.1, -0.05) is 29.8 Å². The molecule has 1 aliphatic heterocycles. The van der Waals surface area contributed by atoms with Crippen molar-refractivity contribution in [3.63, 3.8) is 0 Å². The Morgan fingerprint density at radius 1 is 0.971 bits per heavy atom. The Bertz CT molecular complexity index is 1180. The van der Waals surface area contributed by atoms with Gasteiger partial charge in [0.05, 0.1) is 38.0 Å². The van der Waals surface area contributed by atoms with Gasteiger partial charge in [0, 0.05) is 6.54 Å². The molecule has 0 saturated heterocycles. The maximum absolute atomic E-state index is 14.6. The molecule has 3 aromatic carbocycles. The predicted molar refractivity (Wildman–Crippen MR) is 127 cm³/mol. The molecular formula is C26H25ClFNO5. The number of rotatable bonds is 7. The number of hydrogen-bond donors (Lipinski definition) is 0. The Kier molecular flexibility index (Phi) is 7.12. The Labute approximate surface area is 202 Å². The van der Waals surface area contributed by atoms with Crippen molar-refractivity contribution in [2.75, 3.05) is 34.5 Å². The van der Waals surface area contributed by atoms with E-state index < -0.39 is 17.8 Å². The fourth-order valence-electron chi connectivity index (χ4n) is 4.20. The molecule has 0 fully saturated rings. The Balaban J connectivity index is 1.76. The fourth-order valence-corrected chi connectivity index (χ4v) is 4.45. The summed E-state index contributed by atoms with van der Waals surface area (Å²) in [5.74, 6) is 1.07. The maximum atomic E-state index is 14.6. The summed E-state index contributed by atoms with van der Waals surface area (Å²) >= 11 is 6.22. The van der Waals surface area contributed by atoms with Crippen LogP contribution in [0, 0.1) is 5.82 Å². The summed E-state index contributed by atoms with van der Waals surface area (Å²) in [6, 6.07) is 14.7. The van der Waals surface area contributed by atoms with Crippen molar-refractivity contribution in [2.24, 2.45) is 0 Å². The molecular weight excluding hydrogens is 461 g/mol. The van der Waals surface area contributed by atoms with Crippen molar-refractivity contribution in [3.8, 4) is 23.0 Å². The van der Waals surface area contributed by atoms with E-state index in [2.05, 4.69) is 0 Å². The third kappa shape index (κ3) is 4.48. The van der Waals surface area contributed by atoms with E-state index in [0.29, 0.717) is 36.0 Å². The number of fused-ring (bicyclic) bond motifs is 1. The molecule has 178 valence electrons. The number of carbonyl (C=O) groups excluding carboxylic acids is 1. The minimum Gasteiger partial charge on any atom is -0.493 e. The number of hydrogen-bond acceptors (Lipinski definition) is 5. The number of amides is 1.